The molecule has 2 amide bonds. The molecule has 0 aliphatic heterocycles. The molecule has 1 heterocycles. The highest BCUT2D eigenvalue weighted by Crippen LogP contribution is 2.21. The van der Waals surface area contributed by atoms with Gasteiger partial charge in [-0.05, 0) is 65.2 Å². The summed E-state index contributed by atoms with van der Waals surface area (Å²) in [5.74, 6) is -1.31. The molecular formula is C31H27N5O4. The van der Waals surface area contributed by atoms with Gasteiger partial charge in [0.2, 0.25) is 0 Å². The molecule has 0 bridgehead atoms. The van der Waals surface area contributed by atoms with Crippen LogP contribution in [0.2, 0.25) is 0 Å². The van der Waals surface area contributed by atoms with Crippen LogP contribution in [0.15, 0.2) is 107 Å². The van der Waals surface area contributed by atoms with Crippen LogP contribution in [0.25, 0.3) is 16.5 Å². The monoisotopic (exact) mass is 533 g/mol. The highest BCUT2D eigenvalue weighted by atomic mass is 16.5. The summed E-state index contributed by atoms with van der Waals surface area (Å²) in [6.07, 6.45) is 1.41. The predicted octanol–water partition coefficient (Wildman–Crippen LogP) is 4.31. The first-order valence-corrected chi connectivity index (χ1v) is 12.6. The Labute approximate surface area is 230 Å². The molecule has 9 heteroatoms. The van der Waals surface area contributed by atoms with Crippen molar-refractivity contribution in [2.24, 2.45) is 12.1 Å². The third kappa shape index (κ3) is 5.53. The molecule has 0 fully saturated rings. The molecule has 0 saturated carbocycles. The summed E-state index contributed by atoms with van der Waals surface area (Å²) in [5, 5.41) is 8.58. The Morgan fingerprint density at radius 3 is 2.35 bits per heavy atom. The second-order valence-electron chi connectivity index (χ2n) is 9.09. The maximum atomic E-state index is 12.9. The molecule has 0 aliphatic rings. The summed E-state index contributed by atoms with van der Waals surface area (Å²) in [5.41, 5.74) is 4.70. The third-order valence-electron chi connectivity index (χ3n) is 6.53. The summed E-state index contributed by atoms with van der Waals surface area (Å²) in [7, 11) is 1.70. The van der Waals surface area contributed by atoms with E-state index in [9.17, 15) is 14.4 Å². The second-order valence-corrected chi connectivity index (χ2v) is 9.09. The lowest BCUT2D eigenvalue weighted by atomic mass is 10.1. The highest BCUT2D eigenvalue weighted by molar-refractivity contribution is 6.39. The van der Waals surface area contributed by atoms with Gasteiger partial charge in [0.1, 0.15) is 18.0 Å². The molecule has 0 radical (unpaired) electrons. The Hall–Kier alpha value is -5.44. The SMILES string of the molecule is Cc1c(NC(=O)C(=O)N/N=C/c2ccc(OCc3cccc4ccccc34)cc2)c(=O)n(-c2ccccc2)n1C. The van der Waals surface area contributed by atoms with Crippen LogP contribution >= 0.6 is 0 Å². The number of benzene rings is 4. The average molecular weight is 534 g/mol. The van der Waals surface area contributed by atoms with Gasteiger partial charge in [-0.1, -0.05) is 60.7 Å². The van der Waals surface area contributed by atoms with Crippen molar-refractivity contribution in [3.63, 3.8) is 0 Å². The Balaban J connectivity index is 1.17. The van der Waals surface area contributed by atoms with Crippen LogP contribution in [-0.2, 0) is 23.2 Å². The number of rotatable bonds is 7. The van der Waals surface area contributed by atoms with E-state index >= 15 is 0 Å². The number of anilines is 1. The van der Waals surface area contributed by atoms with Crippen molar-refractivity contribution in [2.75, 3.05) is 5.32 Å². The third-order valence-corrected chi connectivity index (χ3v) is 6.53. The second kappa shape index (κ2) is 11.5. The standard InChI is InChI=1S/C31H27N5O4/c1-21-28(31(39)36(35(21)2)25-12-4-3-5-13-25)33-29(37)30(38)34-32-19-22-15-17-26(18-16-22)40-20-24-11-8-10-23-9-6-7-14-27(23)24/h3-19H,20H2,1-2H3,(H,33,37)(H,34,38)/b32-19+. The van der Waals surface area contributed by atoms with Crippen molar-refractivity contribution < 1.29 is 14.3 Å². The molecule has 2 N–H and O–H groups in total. The van der Waals surface area contributed by atoms with Gasteiger partial charge in [0.25, 0.3) is 5.56 Å². The van der Waals surface area contributed by atoms with Crippen molar-refractivity contribution in [1.29, 1.82) is 0 Å². The van der Waals surface area contributed by atoms with Crippen LogP contribution in [0, 0.1) is 6.92 Å². The fourth-order valence-electron chi connectivity index (χ4n) is 4.33. The molecule has 0 spiro atoms. The molecule has 9 nitrogen and oxygen atoms in total. The van der Waals surface area contributed by atoms with E-state index in [4.69, 9.17) is 4.74 Å². The van der Waals surface area contributed by atoms with E-state index in [1.165, 1.54) is 10.9 Å². The van der Waals surface area contributed by atoms with Gasteiger partial charge in [0.05, 0.1) is 17.6 Å². The predicted molar refractivity (Wildman–Crippen MR) is 155 cm³/mol. The van der Waals surface area contributed by atoms with E-state index in [-0.39, 0.29) is 5.69 Å². The normalized spacial score (nSPS) is 11.1. The number of hydrazone groups is 1. The minimum atomic E-state index is -1.000. The Morgan fingerprint density at radius 1 is 0.875 bits per heavy atom. The molecule has 0 aliphatic carbocycles. The zero-order chi connectivity index (χ0) is 28.1. The largest absolute Gasteiger partial charge is 0.489 e. The number of para-hydroxylation sites is 1. The fourth-order valence-corrected chi connectivity index (χ4v) is 4.33. The maximum Gasteiger partial charge on any atom is 0.329 e. The fraction of sp³-hybridized carbons (Fsp3) is 0.0968. The zero-order valence-electron chi connectivity index (χ0n) is 22.0. The van der Waals surface area contributed by atoms with Crippen molar-refractivity contribution in [2.45, 2.75) is 13.5 Å². The molecule has 200 valence electrons. The number of hydrogen-bond donors (Lipinski definition) is 2. The van der Waals surface area contributed by atoms with E-state index in [0.717, 1.165) is 16.3 Å². The smallest absolute Gasteiger partial charge is 0.329 e. The van der Waals surface area contributed by atoms with Gasteiger partial charge in [-0.2, -0.15) is 5.10 Å². The minimum absolute atomic E-state index is 0.0228. The molecule has 0 unspecified atom stereocenters. The van der Waals surface area contributed by atoms with E-state index < -0.39 is 17.4 Å². The molecular weight excluding hydrogens is 506 g/mol. The number of nitrogens with zero attached hydrogens (tertiary/aromatic N) is 3. The Kier molecular flexibility index (Phi) is 7.54. The van der Waals surface area contributed by atoms with Gasteiger partial charge in [-0.25, -0.2) is 10.1 Å². The summed E-state index contributed by atoms with van der Waals surface area (Å²) in [4.78, 5) is 37.7. The van der Waals surface area contributed by atoms with E-state index in [0.29, 0.717) is 29.3 Å². The topological polar surface area (TPSA) is 107 Å². The number of nitrogens with one attached hydrogen (secondary N) is 2. The number of hydrogen-bond acceptors (Lipinski definition) is 5. The van der Waals surface area contributed by atoms with Gasteiger partial charge < -0.3 is 10.1 Å². The number of carbonyl (C=O) groups excluding carboxylic acids is 2. The van der Waals surface area contributed by atoms with Crippen LogP contribution < -0.4 is 21.0 Å². The Bertz CT molecular complexity index is 1760. The minimum Gasteiger partial charge on any atom is -0.489 e. The van der Waals surface area contributed by atoms with Crippen molar-refractivity contribution in [3.8, 4) is 11.4 Å². The summed E-state index contributed by atoms with van der Waals surface area (Å²) in [6, 6.07) is 30.5. The number of carbonyl (C=O) groups is 2. The average Bonchev–Trinajstić information content (AvgIpc) is 3.19. The summed E-state index contributed by atoms with van der Waals surface area (Å²) >= 11 is 0. The van der Waals surface area contributed by atoms with Crippen LogP contribution in [-0.4, -0.2) is 27.4 Å². The quantitative estimate of drug-likeness (QED) is 0.185. The van der Waals surface area contributed by atoms with E-state index in [1.54, 1.807) is 67.2 Å². The number of ether oxygens (including phenoxy) is 1. The number of fused-ring (bicyclic) bond motifs is 1. The maximum absolute atomic E-state index is 12.9. The van der Waals surface area contributed by atoms with Gasteiger partial charge >= 0.3 is 11.8 Å². The number of amides is 2. The zero-order valence-corrected chi connectivity index (χ0v) is 22.0. The summed E-state index contributed by atoms with van der Waals surface area (Å²) in [6.45, 7) is 2.11. The molecule has 4 aromatic carbocycles. The van der Waals surface area contributed by atoms with Gasteiger partial charge in [0, 0.05) is 7.05 Å². The van der Waals surface area contributed by atoms with Gasteiger partial charge in [-0.3, -0.25) is 19.1 Å². The Morgan fingerprint density at radius 2 is 1.57 bits per heavy atom. The highest BCUT2D eigenvalue weighted by Gasteiger charge is 2.21. The van der Waals surface area contributed by atoms with Crippen molar-refractivity contribution >= 4 is 34.5 Å². The summed E-state index contributed by atoms with van der Waals surface area (Å²) < 4.78 is 8.97. The first-order chi connectivity index (χ1) is 19.4. The van der Waals surface area contributed by atoms with E-state index in [1.807, 2.05) is 30.3 Å². The van der Waals surface area contributed by atoms with Crippen LogP contribution in [0.5, 0.6) is 5.75 Å². The van der Waals surface area contributed by atoms with Crippen LogP contribution in [0.3, 0.4) is 0 Å². The lowest BCUT2D eigenvalue weighted by molar-refractivity contribution is -0.136. The molecule has 5 rings (SSSR count). The first kappa shape index (κ1) is 26.2. The van der Waals surface area contributed by atoms with Crippen molar-refractivity contribution in [1.82, 2.24) is 14.8 Å². The first-order valence-electron chi connectivity index (χ1n) is 12.6. The van der Waals surface area contributed by atoms with E-state index in [2.05, 4.69) is 34.0 Å². The van der Waals surface area contributed by atoms with Crippen molar-refractivity contribution in [3.05, 3.63) is 124 Å². The lowest BCUT2D eigenvalue weighted by Gasteiger charge is -2.09. The molecule has 1 aromatic heterocycles. The van der Waals surface area contributed by atoms with Gasteiger partial charge in [-0.15, -0.1) is 0 Å². The lowest BCUT2D eigenvalue weighted by Crippen LogP contribution is -2.34. The molecule has 0 atom stereocenters. The molecule has 5 aromatic rings. The van der Waals surface area contributed by atoms with Gasteiger partial charge in [0.15, 0.2) is 0 Å². The number of aromatic nitrogens is 2. The molecule has 0 saturated heterocycles. The molecule has 40 heavy (non-hydrogen) atoms. The van der Waals surface area contributed by atoms with Crippen LogP contribution in [0.4, 0.5) is 5.69 Å². The van der Waals surface area contributed by atoms with Crippen LogP contribution in [0.1, 0.15) is 16.8 Å².